The first kappa shape index (κ1) is 14.7. The molecule has 1 aromatic carbocycles. The summed E-state index contributed by atoms with van der Waals surface area (Å²) < 4.78 is 17.3. The van der Waals surface area contributed by atoms with Crippen LogP contribution in [0.4, 0.5) is 0 Å². The van der Waals surface area contributed by atoms with Crippen molar-refractivity contribution < 1.29 is 24.1 Å². The number of hydrogen-bond acceptors (Lipinski definition) is 7. The number of aromatic nitrogens is 2. The predicted octanol–water partition coefficient (Wildman–Crippen LogP) is 1.24. The first-order valence-electron chi connectivity index (χ1n) is 8.45. The predicted molar refractivity (Wildman–Crippen MR) is 91.4 cm³/mol. The van der Waals surface area contributed by atoms with Crippen LogP contribution in [0.25, 0.3) is 22.3 Å². The van der Waals surface area contributed by atoms with Gasteiger partial charge in [-0.25, -0.2) is 9.78 Å². The Labute approximate surface area is 151 Å². The van der Waals surface area contributed by atoms with Crippen molar-refractivity contribution in [2.75, 3.05) is 6.79 Å². The van der Waals surface area contributed by atoms with Crippen LogP contribution < -0.4 is 15.0 Å². The summed E-state index contributed by atoms with van der Waals surface area (Å²) >= 11 is 0. The highest BCUT2D eigenvalue weighted by molar-refractivity contribution is 5.87. The van der Waals surface area contributed by atoms with Crippen molar-refractivity contribution in [3.8, 4) is 22.9 Å². The van der Waals surface area contributed by atoms with Crippen LogP contribution in [0.5, 0.6) is 11.5 Å². The lowest BCUT2D eigenvalue weighted by molar-refractivity contribution is -0.157. The minimum atomic E-state index is -1.45. The molecule has 0 bridgehead atoms. The van der Waals surface area contributed by atoms with Crippen LogP contribution in [-0.4, -0.2) is 27.4 Å². The highest BCUT2D eigenvalue weighted by Gasteiger charge is 2.33. The summed E-state index contributed by atoms with van der Waals surface area (Å²) in [4.78, 5) is 29.3. The fourth-order valence-corrected chi connectivity index (χ4v) is 3.92. The van der Waals surface area contributed by atoms with E-state index in [1.807, 2.05) is 18.2 Å². The molecule has 3 aliphatic rings. The molecule has 134 valence electrons. The average Bonchev–Trinajstić information content (AvgIpc) is 3.25. The molecule has 1 N–H and O–H groups in total. The van der Waals surface area contributed by atoms with E-state index in [9.17, 15) is 14.7 Å². The van der Waals surface area contributed by atoms with Crippen LogP contribution in [-0.2, 0) is 22.7 Å². The van der Waals surface area contributed by atoms with Crippen LogP contribution in [0.15, 0.2) is 29.1 Å². The van der Waals surface area contributed by atoms with Crippen molar-refractivity contribution in [2.45, 2.75) is 19.3 Å². The minimum Gasteiger partial charge on any atom is -0.458 e. The molecule has 0 amide bonds. The van der Waals surface area contributed by atoms with E-state index in [4.69, 9.17) is 19.2 Å². The van der Waals surface area contributed by atoms with Crippen LogP contribution in [0.1, 0.15) is 22.8 Å². The third kappa shape index (κ3) is 1.87. The number of esters is 1. The highest BCUT2D eigenvalue weighted by atomic mass is 16.7. The molecule has 5 heterocycles. The average molecular weight is 364 g/mol. The second-order valence-corrected chi connectivity index (χ2v) is 6.76. The Morgan fingerprint density at radius 2 is 1.89 bits per heavy atom. The van der Waals surface area contributed by atoms with E-state index in [1.165, 1.54) is 0 Å². The number of nitrogens with zero attached hydrogens (tertiary/aromatic N) is 2. The molecule has 6 rings (SSSR count). The Bertz CT molecular complexity index is 1250. The van der Waals surface area contributed by atoms with E-state index in [0.717, 1.165) is 16.5 Å². The third-order valence-electron chi connectivity index (χ3n) is 5.27. The molecule has 0 saturated carbocycles. The van der Waals surface area contributed by atoms with Crippen molar-refractivity contribution in [1.29, 1.82) is 0 Å². The lowest BCUT2D eigenvalue weighted by Gasteiger charge is -2.21. The van der Waals surface area contributed by atoms with Gasteiger partial charge in [-0.2, -0.15) is 0 Å². The molecule has 0 saturated heterocycles. The fourth-order valence-electron chi connectivity index (χ4n) is 3.92. The lowest BCUT2D eigenvalue weighted by atomic mass is 10.0. The number of carbonyl (C=O) groups is 1. The number of hydrogen-bond donors (Lipinski definition) is 1. The molecule has 3 aromatic rings. The summed E-state index contributed by atoms with van der Waals surface area (Å²) in [5, 5.41) is 11.0. The van der Waals surface area contributed by atoms with E-state index in [-0.39, 0.29) is 19.0 Å². The molecular weight excluding hydrogens is 352 g/mol. The second kappa shape index (κ2) is 4.86. The van der Waals surface area contributed by atoms with E-state index in [1.54, 1.807) is 10.6 Å². The van der Waals surface area contributed by atoms with E-state index in [0.29, 0.717) is 40.6 Å². The first-order chi connectivity index (χ1) is 13.1. The molecule has 0 radical (unpaired) electrons. The molecule has 0 fully saturated rings. The first-order valence-corrected chi connectivity index (χ1v) is 8.45. The number of ether oxygens (including phenoxy) is 3. The van der Waals surface area contributed by atoms with Gasteiger partial charge in [0.1, 0.15) is 6.61 Å². The zero-order valence-electron chi connectivity index (χ0n) is 13.9. The fraction of sp³-hybridized carbons (Fsp3) is 0.211. The van der Waals surface area contributed by atoms with Gasteiger partial charge < -0.3 is 23.9 Å². The Morgan fingerprint density at radius 3 is 2.74 bits per heavy atom. The van der Waals surface area contributed by atoms with Gasteiger partial charge in [-0.15, -0.1) is 0 Å². The number of pyridine rings is 2. The van der Waals surface area contributed by atoms with Crippen LogP contribution in [0.3, 0.4) is 0 Å². The van der Waals surface area contributed by atoms with Crippen molar-refractivity contribution in [3.05, 3.63) is 51.3 Å². The van der Waals surface area contributed by atoms with Gasteiger partial charge in [0.15, 0.2) is 17.6 Å². The number of cyclic esters (lactones) is 1. The van der Waals surface area contributed by atoms with Crippen molar-refractivity contribution in [3.63, 3.8) is 0 Å². The largest absolute Gasteiger partial charge is 0.458 e. The number of aliphatic hydroxyl groups is 1. The summed E-state index contributed by atoms with van der Waals surface area (Å²) in [5.74, 6) is 0.560. The Hall–Kier alpha value is -3.39. The van der Waals surface area contributed by atoms with E-state index >= 15 is 0 Å². The maximum absolute atomic E-state index is 12.9. The normalized spacial score (nSPS) is 18.9. The van der Waals surface area contributed by atoms with Crippen molar-refractivity contribution in [2.24, 2.45) is 0 Å². The van der Waals surface area contributed by atoms with Gasteiger partial charge >= 0.3 is 5.97 Å². The second-order valence-electron chi connectivity index (χ2n) is 6.76. The maximum Gasteiger partial charge on any atom is 0.340 e. The van der Waals surface area contributed by atoms with Crippen molar-refractivity contribution in [1.82, 2.24) is 9.55 Å². The topological polar surface area (TPSA) is 99.9 Å². The number of fused-ring (bicyclic) bond motifs is 6. The molecule has 0 spiro atoms. The quantitative estimate of drug-likeness (QED) is 0.469. The molecular formula is C19H12N2O6. The zero-order valence-corrected chi connectivity index (χ0v) is 13.9. The molecule has 2 aromatic heterocycles. The Morgan fingerprint density at radius 1 is 1.07 bits per heavy atom. The van der Waals surface area contributed by atoms with Crippen molar-refractivity contribution >= 4 is 16.9 Å². The molecule has 8 heteroatoms. The third-order valence-corrected chi connectivity index (χ3v) is 5.27. The number of aliphatic hydroxyl groups excluding tert-OH is 1. The highest BCUT2D eigenvalue weighted by Crippen LogP contribution is 2.39. The standard InChI is InChI=1S/C19H12N2O6/c22-17-10-3-13-16-9(5-21(13)18(23)11(10)6-25-19(17)24)1-8-2-14-15(27-7-26-14)4-12(8)20-16/h1-4,17,22H,5-7H2/t17-/m1/s1. The summed E-state index contributed by atoms with van der Waals surface area (Å²) in [7, 11) is 0. The van der Waals surface area contributed by atoms with Gasteiger partial charge in [0.2, 0.25) is 6.79 Å². The molecule has 8 nitrogen and oxygen atoms in total. The van der Waals surface area contributed by atoms with Gasteiger partial charge in [0.05, 0.1) is 29.0 Å². The SMILES string of the molecule is O=C1OCc2c(cc3n(c2=O)Cc2cc4cc5c(cc4nc2-3)OCO5)[C@H]1O. The summed E-state index contributed by atoms with van der Waals surface area (Å²) in [6.45, 7) is 0.430. The van der Waals surface area contributed by atoms with Gasteiger partial charge in [-0.05, 0) is 18.2 Å². The lowest BCUT2D eigenvalue weighted by Crippen LogP contribution is -2.32. The number of benzene rings is 1. The monoisotopic (exact) mass is 364 g/mol. The molecule has 0 unspecified atom stereocenters. The summed E-state index contributed by atoms with van der Waals surface area (Å²) in [5.41, 5.74) is 3.19. The van der Waals surface area contributed by atoms with Gasteiger partial charge in [-0.3, -0.25) is 4.79 Å². The van der Waals surface area contributed by atoms with Crippen LogP contribution >= 0.6 is 0 Å². The molecule has 27 heavy (non-hydrogen) atoms. The van der Waals surface area contributed by atoms with Crippen LogP contribution in [0.2, 0.25) is 0 Å². The van der Waals surface area contributed by atoms with E-state index < -0.39 is 12.1 Å². The smallest absolute Gasteiger partial charge is 0.340 e. The minimum absolute atomic E-state index is 0.127. The van der Waals surface area contributed by atoms with Gasteiger partial charge in [-0.1, -0.05) is 0 Å². The maximum atomic E-state index is 12.9. The van der Waals surface area contributed by atoms with Crippen LogP contribution in [0, 0.1) is 0 Å². The molecule has 3 aliphatic heterocycles. The van der Waals surface area contributed by atoms with Gasteiger partial charge in [0, 0.05) is 22.6 Å². The van der Waals surface area contributed by atoms with E-state index in [2.05, 4.69) is 0 Å². The number of carbonyl (C=O) groups excluding carboxylic acids is 1. The summed E-state index contributed by atoms with van der Waals surface area (Å²) in [6.07, 6.45) is -1.45. The molecule has 1 atom stereocenters. The Kier molecular flexibility index (Phi) is 2.65. The molecule has 0 aliphatic carbocycles. The summed E-state index contributed by atoms with van der Waals surface area (Å²) in [6, 6.07) is 7.32. The number of rotatable bonds is 0. The Balaban J connectivity index is 1.60. The van der Waals surface area contributed by atoms with Gasteiger partial charge in [0.25, 0.3) is 5.56 Å². The zero-order chi connectivity index (χ0) is 18.3.